The van der Waals surface area contributed by atoms with E-state index in [2.05, 4.69) is 4.90 Å². The summed E-state index contributed by atoms with van der Waals surface area (Å²) in [6.45, 7) is 3.32. The Balaban J connectivity index is 2.17. The SMILES string of the molecule is NCCN(CCCCCO)C1CCCC1. The highest BCUT2D eigenvalue weighted by atomic mass is 16.2. The predicted molar refractivity (Wildman–Crippen MR) is 63.8 cm³/mol. The van der Waals surface area contributed by atoms with Crippen LogP contribution in [0.1, 0.15) is 44.9 Å². The van der Waals surface area contributed by atoms with E-state index in [-0.39, 0.29) is 0 Å². The summed E-state index contributed by atoms with van der Waals surface area (Å²) in [4.78, 5) is 2.56. The highest BCUT2D eigenvalue weighted by Crippen LogP contribution is 2.23. The maximum Gasteiger partial charge on any atom is 0.0431 e. The topological polar surface area (TPSA) is 49.5 Å². The van der Waals surface area contributed by atoms with Gasteiger partial charge in [-0.1, -0.05) is 12.8 Å². The first-order valence-corrected chi connectivity index (χ1v) is 6.43. The van der Waals surface area contributed by atoms with E-state index in [1.54, 1.807) is 0 Å². The fourth-order valence-corrected chi connectivity index (χ4v) is 2.52. The van der Waals surface area contributed by atoms with Gasteiger partial charge in [-0.2, -0.15) is 0 Å². The Morgan fingerprint density at radius 2 is 1.80 bits per heavy atom. The van der Waals surface area contributed by atoms with Crippen molar-refractivity contribution in [3.63, 3.8) is 0 Å². The number of aliphatic hydroxyl groups is 1. The van der Waals surface area contributed by atoms with Crippen molar-refractivity contribution < 1.29 is 5.11 Å². The molecule has 0 atom stereocenters. The van der Waals surface area contributed by atoms with Gasteiger partial charge in [0.05, 0.1) is 0 Å². The molecule has 3 nitrogen and oxygen atoms in total. The van der Waals surface area contributed by atoms with E-state index in [9.17, 15) is 0 Å². The Kier molecular flexibility index (Phi) is 6.98. The molecular weight excluding hydrogens is 188 g/mol. The van der Waals surface area contributed by atoms with E-state index in [4.69, 9.17) is 10.8 Å². The van der Waals surface area contributed by atoms with Crippen LogP contribution in [0, 0.1) is 0 Å². The van der Waals surface area contributed by atoms with Gasteiger partial charge in [-0.05, 0) is 38.6 Å². The van der Waals surface area contributed by atoms with Crippen LogP contribution in [-0.2, 0) is 0 Å². The van der Waals surface area contributed by atoms with Gasteiger partial charge in [0.25, 0.3) is 0 Å². The molecule has 0 spiro atoms. The van der Waals surface area contributed by atoms with Crippen LogP contribution >= 0.6 is 0 Å². The maximum absolute atomic E-state index is 8.71. The molecule has 0 unspecified atom stereocenters. The Bertz CT molecular complexity index is 147. The minimum absolute atomic E-state index is 0.334. The molecule has 0 saturated heterocycles. The van der Waals surface area contributed by atoms with Crippen molar-refractivity contribution in [3.05, 3.63) is 0 Å². The van der Waals surface area contributed by atoms with Crippen molar-refractivity contribution in [2.24, 2.45) is 5.73 Å². The highest BCUT2D eigenvalue weighted by molar-refractivity contribution is 4.77. The third-order valence-corrected chi connectivity index (χ3v) is 3.36. The standard InChI is InChI=1S/C12H26N2O/c13-8-10-14(9-4-1-5-11-15)12-6-2-3-7-12/h12,15H,1-11,13H2. The molecular formula is C12H26N2O. The van der Waals surface area contributed by atoms with Crippen molar-refractivity contribution in [2.75, 3.05) is 26.2 Å². The number of rotatable bonds is 8. The molecule has 1 fully saturated rings. The zero-order valence-corrected chi connectivity index (χ0v) is 9.83. The average molecular weight is 214 g/mol. The van der Waals surface area contributed by atoms with E-state index in [0.717, 1.165) is 32.0 Å². The third kappa shape index (κ3) is 4.96. The zero-order valence-electron chi connectivity index (χ0n) is 9.83. The number of hydrogen-bond acceptors (Lipinski definition) is 3. The second-order valence-corrected chi connectivity index (χ2v) is 4.55. The molecule has 1 aliphatic rings. The first-order chi connectivity index (χ1) is 7.38. The molecule has 90 valence electrons. The van der Waals surface area contributed by atoms with Crippen LogP contribution in [0.5, 0.6) is 0 Å². The summed E-state index contributed by atoms with van der Waals surface area (Å²) >= 11 is 0. The zero-order chi connectivity index (χ0) is 10.9. The summed E-state index contributed by atoms with van der Waals surface area (Å²) in [5.41, 5.74) is 5.65. The molecule has 3 N–H and O–H groups in total. The molecule has 1 rings (SSSR count). The number of unbranched alkanes of at least 4 members (excludes halogenated alkanes) is 2. The van der Waals surface area contributed by atoms with Gasteiger partial charge in [0, 0.05) is 25.7 Å². The van der Waals surface area contributed by atoms with Crippen molar-refractivity contribution in [3.8, 4) is 0 Å². The molecule has 0 bridgehead atoms. The Morgan fingerprint density at radius 3 is 2.40 bits per heavy atom. The molecule has 1 aliphatic carbocycles. The second kappa shape index (κ2) is 8.08. The Morgan fingerprint density at radius 1 is 1.07 bits per heavy atom. The van der Waals surface area contributed by atoms with Crippen LogP contribution in [0.15, 0.2) is 0 Å². The van der Waals surface area contributed by atoms with Gasteiger partial charge in [-0.15, -0.1) is 0 Å². The summed E-state index contributed by atoms with van der Waals surface area (Å²) in [7, 11) is 0. The summed E-state index contributed by atoms with van der Waals surface area (Å²) in [5.74, 6) is 0. The van der Waals surface area contributed by atoms with Gasteiger partial charge in [-0.3, -0.25) is 4.90 Å². The van der Waals surface area contributed by atoms with Crippen LogP contribution in [-0.4, -0.2) is 42.3 Å². The van der Waals surface area contributed by atoms with E-state index in [1.807, 2.05) is 0 Å². The number of aliphatic hydroxyl groups excluding tert-OH is 1. The molecule has 0 aliphatic heterocycles. The van der Waals surface area contributed by atoms with Crippen LogP contribution < -0.4 is 5.73 Å². The third-order valence-electron chi connectivity index (χ3n) is 3.36. The van der Waals surface area contributed by atoms with Crippen molar-refractivity contribution in [1.82, 2.24) is 4.90 Å². The van der Waals surface area contributed by atoms with Gasteiger partial charge in [0.1, 0.15) is 0 Å². The van der Waals surface area contributed by atoms with Crippen molar-refractivity contribution >= 4 is 0 Å². The van der Waals surface area contributed by atoms with Crippen molar-refractivity contribution in [2.45, 2.75) is 51.0 Å². The average Bonchev–Trinajstić information content (AvgIpc) is 2.76. The summed E-state index contributed by atoms with van der Waals surface area (Å²) in [6.07, 6.45) is 8.80. The van der Waals surface area contributed by atoms with Crippen LogP contribution in [0.4, 0.5) is 0 Å². The number of nitrogens with two attached hydrogens (primary N) is 1. The quantitative estimate of drug-likeness (QED) is 0.600. The lowest BCUT2D eigenvalue weighted by Crippen LogP contribution is -2.37. The molecule has 0 amide bonds. The number of nitrogens with zero attached hydrogens (tertiary/aromatic N) is 1. The largest absolute Gasteiger partial charge is 0.396 e. The van der Waals surface area contributed by atoms with Gasteiger partial charge >= 0.3 is 0 Å². The smallest absolute Gasteiger partial charge is 0.0431 e. The van der Waals surface area contributed by atoms with Gasteiger partial charge in [0.2, 0.25) is 0 Å². The summed E-state index contributed by atoms with van der Waals surface area (Å²) in [5, 5.41) is 8.71. The second-order valence-electron chi connectivity index (χ2n) is 4.55. The van der Waals surface area contributed by atoms with Gasteiger partial charge in [-0.25, -0.2) is 0 Å². The lowest BCUT2D eigenvalue weighted by molar-refractivity contribution is 0.196. The molecule has 0 heterocycles. The molecule has 0 aromatic carbocycles. The summed E-state index contributed by atoms with van der Waals surface area (Å²) < 4.78 is 0. The molecule has 3 heteroatoms. The minimum atomic E-state index is 0.334. The normalized spacial score (nSPS) is 17.8. The Labute approximate surface area is 93.6 Å². The van der Waals surface area contributed by atoms with Crippen LogP contribution in [0.2, 0.25) is 0 Å². The van der Waals surface area contributed by atoms with E-state index in [0.29, 0.717) is 6.61 Å². The molecule has 0 aromatic rings. The fourth-order valence-electron chi connectivity index (χ4n) is 2.52. The minimum Gasteiger partial charge on any atom is -0.396 e. The monoisotopic (exact) mass is 214 g/mol. The van der Waals surface area contributed by atoms with Gasteiger partial charge in [0.15, 0.2) is 0 Å². The summed E-state index contributed by atoms with van der Waals surface area (Å²) in [6, 6.07) is 0.794. The van der Waals surface area contributed by atoms with E-state index in [1.165, 1.54) is 38.6 Å². The van der Waals surface area contributed by atoms with Gasteiger partial charge < -0.3 is 10.8 Å². The van der Waals surface area contributed by atoms with Crippen molar-refractivity contribution in [1.29, 1.82) is 0 Å². The number of hydrogen-bond donors (Lipinski definition) is 2. The molecule has 15 heavy (non-hydrogen) atoms. The Hall–Kier alpha value is -0.120. The lowest BCUT2D eigenvalue weighted by Gasteiger charge is -2.28. The maximum atomic E-state index is 8.71. The molecule has 1 saturated carbocycles. The molecule has 0 radical (unpaired) electrons. The van der Waals surface area contributed by atoms with Crippen LogP contribution in [0.25, 0.3) is 0 Å². The fraction of sp³-hybridized carbons (Fsp3) is 1.00. The van der Waals surface area contributed by atoms with E-state index < -0.39 is 0 Å². The first-order valence-electron chi connectivity index (χ1n) is 6.43. The van der Waals surface area contributed by atoms with E-state index >= 15 is 0 Å². The highest BCUT2D eigenvalue weighted by Gasteiger charge is 2.21. The first kappa shape index (κ1) is 12.9. The lowest BCUT2D eigenvalue weighted by atomic mass is 10.1. The molecule has 0 aromatic heterocycles. The van der Waals surface area contributed by atoms with Crippen LogP contribution in [0.3, 0.4) is 0 Å². The predicted octanol–water partition coefficient (Wildman–Crippen LogP) is 1.35.